The van der Waals surface area contributed by atoms with Crippen LogP contribution < -0.4 is 16.0 Å². The van der Waals surface area contributed by atoms with Crippen LogP contribution in [-0.4, -0.2) is 83.3 Å². The smallest absolute Gasteiger partial charge is 0.410 e. The first-order chi connectivity index (χ1) is 22.4. The lowest BCUT2D eigenvalue weighted by molar-refractivity contribution is -0.142. The first-order valence-electron chi connectivity index (χ1n) is 15.4. The normalized spacial score (nSPS) is 16.3. The summed E-state index contributed by atoms with van der Waals surface area (Å²) in [6.07, 6.45) is 3.62. The second-order valence-electron chi connectivity index (χ2n) is 11.1. The Labute approximate surface area is 268 Å². The van der Waals surface area contributed by atoms with Crippen molar-refractivity contribution in [3.05, 3.63) is 96.2 Å². The number of carboxylic acids is 1. The SMILES string of the molecule is O=C(CO[C@@H]1C[C@@H](CNc2ccccn2)N(C(=O)OCc2ccccc2)C1)NC[C@H](NC(=O)CCCCc1ccccc1)C(=O)O. The zero-order valence-corrected chi connectivity index (χ0v) is 25.7. The molecular formula is C34H41N5O7. The Hall–Kier alpha value is -4.97. The number of rotatable bonds is 17. The summed E-state index contributed by atoms with van der Waals surface area (Å²) in [5.74, 6) is -1.50. The number of amides is 3. The number of carbonyl (C=O) groups excluding carboxylic acids is 3. The second-order valence-corrected chi connectivity index (χ2v) is 11.1. The van der Waals surface area contributed by atoms with Crippen molar-refractivity contribution in [3.8, 4) is 0 Å². The van der Waals surface area contributed by atoms with Crippen molar-refractivity contribution < 1.29 is 33.8 Å². The van der Waals surface area contributed by atoms with E-state index in [2.05, 4.69) is 20.9 Å². The molecule has 4 N–H and O–H groups in total. The molecule has 3 aromatic rings. The minimum absolute atomic E-state index is 0.124. The summed E-state index contributed by atoms with van der Waals surface area (Å²) in [6.45, 7) is 0.118. The zero-order chi connectivity index (χ0) is 32.6. The quantitative estimate of drug-likeness (QED) is 0.164. The maximum absolute atomic E-state index is 13.0. The van der Waals surface area contributed by atoms with E-state index in [0.717, 1.165) is 18.4 Å². The summed E-state index contributed by atoms with van der Waals surface area (Å²) in [5, 5.41) is 17.8. The van der Waals surface area contributed by atoms with E-state index in [-0.39, 0.29) is 44.7 Å². The second kappa shape index (κ2) is 18.1. The van der Waals surface area contributed by atoms with Crippen molar-refractivity contribution in [2.24, 2.45) is 0 Å². The van der Waals surface area contributed by atoms with Crippen LogP contribution in [0.25, 0.3) is 0 Å². The third kappa shape index (κ3) is 11.5. The fraction of sp³-hybridized carbons (Fsp3) is 0.382. The summed E-state index contributed by atoms with van der Waals surface area (Å²) in [5.41, 5.74) is 2.04. The monoisotopic (exact) mass is 631 g/mol. The number of aromatic nitrogens is 1. The molecule has 0 aliphatic carbocycles. The van der Waals surface area contributed by atoms with E-state index >= 15 is 0 Å². The van der Waals surface area contributed by atoms with Gasteiger partial charge in [-0.25, -0.2) is 14.6 Å². The third-order valence-corrected chi connectivity index (χ3v) is 7.55. The van der Waals surface area contributed by atoms with Crippen LogP contribution in [0.5, 0.6) is 0 Å². The lowest BCUT2D eigenvalue weighted by Gasteiger charge is -2.24. The first kappa shape index (κ1) is 33.9. The highest BCUT2D eigenvalue weighted by Gasteiger charge is 2.37. The van der Waals surface area contributed by atoms with Gasteiger partial charge < -0.3 is 35.4 Å². The van der Waals surface area contributed by atoms with Gasteiger partial charge in [0.1, 0.15) is 25.1 Å². The first-order valence-corrected chi connectivity index (χ1v) is 15.4. The molecule has 12 heteroatoms. The lowest BCUT2D eigenvalue weighted by Crippen LogP contribution is -2.49. The molecular weight excluding hydrogens is 590 g/mol. The highest BCUT2D eigenvalue weighted by Crippen LogP contribution is 2.22. The van der Waals surface area contributed by atoms with E-state index < -0.39 is 30.1 Å². The largest absolute Gasteiger partial charge is 0.480 e. The summed E-state index contributed by atoms with van der Waals surface area (Å²) in [4.78, 5) is 55.5. The number of unbranched alkanes of at least 4 members (excludes halogenated alkanes) is 1. The zero-order valence-electron chi connectivity index (χ0n) is 25.7. The number of benzene rings is 2. The highest BCUT2D eigenvalue weighted by atomic mass is 16.6. The maximum atomic E-state index is 13.0. The highest BCUT2D eigenvalue weighted by molar-refractivity contribution is 5.84. The van der Waals surface area contributed by atoms with Crippen molar-refractivity contribution in [2.45, 2.75) is 56.9 Å². The molecule has 12 nitrogen and oxygen atoms in total. The van der Waals surface area contributed by atoms with Gasteiger partial charge >= 0.3 is 12.1 Å². The van der Waals surface area contributed by atoms with Gasteiger partial charge in [0.15, 0.2) is 0 Å². The average Bonchev–Trinajstić information content (AvgIpc) is 3.50. The van der Waals surface area contributed by atoms with Crippen LogP contribution in [0, 0.1) is 0 Å². The third-order valence-electron chi connectivity index (χ3n) is 7.55. The molecule has 3 amide bonds. The van der Waals surface area contributed by atoms with Gasteiger partial charge in [0.25, 0.3) is 0 Å². The Morgan fingerprint density at radius 2 is 1.63 bits per heavy atom. The number of carboxylic acid groups (broad SMARTS) is 1. The van der Waals surface area contributed by atoms with Gasteiger partial charge in [-0.2, -0.15) is 0 Å². The molecule has 0 radical (unpaired) electrons. The van der Waals surface area contributed by atoms with Gasteiger partial charge in [-0.15, -0.1) is 0 Å². The maximum Gasteiger partial charge on any atom is 0.410 e. The van der Waals surface area contributed by atoms with E-state index in [9.17, 15) is 24.3 Å². The van der Waals surface area contributed by atoms with Gasteiger partial charge in [0.2, 0.25) is 11.8 Å². The Morgan fingerprint density at radius 1 is 0.913 bits per heavy atom. The molecule has 0 spiro atoms. The van der Waals surface area contributed by atoms with Gasteiger partial charge in [0, 0.05) is 25.7 Å². The van der Waals surface area contributed by atoms with Crippen LogP contribution in [0.3, 0.4) is 0 Å². The molecule has 4 rings (SSSR count). The molecule has 1 fully saturated rings. The van der Waals surface area contributed by atoms with E-state index in [1.54, 1.807) is 11.1 Å². The molecule has 0 unspecified atom stereocenters. The number of pyridine rings is 1. The molecule has 46 heavy (non-hydrogen) atoms. The number of carbonyl (C=O) groups is 4. The minimum atomic E-state index is -1.27. The van der Waals surface area contributed by atoms with Gasteiger partial charge in [0.05, 0.1) is 18.7 Å². The number of aliphatic carboxylic acids is 1. The number of hydrogen-bond acceptors (Lipinski definition) is 8. The Morgan fingerprint density at radius 3 is 2.33 bits per heavy atom. The molecule has 1 aliphatic rings. The number of hydrogen-bond donors (Lipinski definition) is 4. The van der Waals surface area contributed by atoms with Crippen molar-refractivity contribution in [1.82, 2.24) is 20.5 Å². The van der Waals surface area contributed by atoms with E-state index in [1.807, 2.05) is 78.9 Å². The summed E-state index contributed by atoms with van der Waals surface area (Å²) >= 11 is 0. The molecule has 1 aliphatic heterocycles. The predicted octanol–water partition coefficient (Wildman–Crippen LogP) is 3.39. The summed E-state index contributed by atoms with van der Waals surface area (Å²) in [6, 6.07) is 23.2. The Bertz CT molecular complexity index is 1390. The fourth-order valence-electron chi connectivity index (χ4n) is 5.09. The van der Waals surface area contributed by atoms with Crippen LogP contribution in [0.4, 0.5) is 10.6 Å². The average molecular weight is 632 g/mol. The van der Waals surface area contributed by atoms with E-state index in [1.165, 1.54) is 5.56 Å². The van der Waals surface area contributed by atoms with E-state index in [0.29, 0.717) is 25.2 Å². The van der Waals surface area contributed by atoms with Crippen molar-refractivity contribution in [1.29, 1.82) is 0 Å². The lowest BCUT2D eigenvalue weighted by atomic mass is 10.1. The van der Waals surface area contributed by atoms with Crippen LogP contribution in [0.2, 0.25) is 0 Å². The number of aryl methyl sites for hydroxylation is 1. The van der Waals surface area contributed by atoms with Gasteiger partial charge in [-0.1, -0.05) is 66.7 Å². The standard InChI is InChI=1S/C34H41N5O7/c40-31(17-8-7-13-25-11-3-1-4-12-25)38-29(33(42)43)21-37-32(41)24-45-28-19-27(20-36-30-16-9-10-18-35-30)39(22-28)34(44)46-23-26-14-5-2-6-15-26/h1-6,9-12,14-16,18,27-29H,7-8,13,17,19-24H2,(H,35,36)(H,37,41)(H,38,40)(H,42,43)/t27-,28+,29-/m0/s1. The molecule has 1 aromatic heterocycles. The summed E-state index contributed by atoms with van der Waals surface area (Å²) < 4.78 is 11.4. The van der Waals surface area contributed by atoms with Crippen molar-refractivity contribution >= 4 is 29.7 Å². The molecule has 2 heterocycles. The van der Waals surface area contributed by atoms with Gasteiger partial charge in [-0.3, -0.25) is 9.59 Å². The molecule has 0 saturated carbocycles. The number of nitrogens with one attached hydrogen (secondary N) is 3. The van der Waals surface area contributed by atoms with Crippen LogP contribution in [-0.2, 0) is 36.9 Å². The Kier molecular flexibility index (Phi) is 13.4. The predicted molar refractivity (Wildman–Crippen MR) is 171 cm³/mol. The van der Waals surface area contributed by atoms with Crippen LogP contribution in [0.1, 0.15) is 36.8 Å². The topological polar surface area (TPSA) is 159 Å². The Balaban J connectivity index is 1.20. The fourth-order valence-corrected chi connectivity index (χ4v) is 5.09. The number of nitrogens with zero attached hydrogens (tertiary/aromatic N) is 2. The van der Waals surface area contributed by atoms with Crippen molar-refractivity contribution in [3.63, 3.8) is 0 Å². The van der Waals surface area contributed by atoms with Gasteiger partial charge in [-0.05, 0) is 48.9 Å². The number of likely N-dealkylation sites (tertiary alicyclic amines) is 1. The van der Waals surface area contributed by atoms with Crippen LogP contribution >= 0.6 is 0 Å². The molecule has 3 atom stereocenters. The van der Waals surface area contributed by atoms with Crippen molar-refractivity contribution in [2.75, 3.05) is 31.6 Å². The molecule has 1 saturated heterocycles. The van der Waals surface area contributed by atoms with Crippen LogP contribution in [0.15, 0.2) is 85.1 Å². The molecule has 244 valence electrons. The minimum Gasteiger partial charge on any atom is -0.480 e. The number of ether oxygens (including phenoxy) is 2. The summed E-state index contributed by atoms with van der Waals surface area (Å²) in [7, 11) is 0. The molecule has 2 aromatic carbocycles. The van der Waals surface area contributed by atoms with E-state index in [4.69, 9.17) is 9.47 Å². The molecule has 0 bridgehead atoms. The number of anilines is 1.